The van der Waals surface area contributed by atoms with Gasteiger partial charge in [-0.2, -0.15) is 0 Å². The maximum atomic E-state index is 11.0. The Bertz CT molecular complexity index is 689. The lowest BCUT2D eigenvalue weighted by Gasteiger charge is -2.22. The van der Waals surface area contributed by atoms with E-state index in [-0.39, 0.29) is 6.29 Å². The molecule has 0 fully saturated rings. The van der Waals surface area contributed by atoms with Gasteiger partial charge in [0, 0.05) is 17.5 Å². The first-order chi connectivity index (χ1) is 10.2. The molecular formula is C15H14N4OS. The molecule has 0 spiro atoms. The molecule has 0 saturated heterocycles. The minimum atomic E-state index is -0.432. The lowest BCUT2D eigenvalue weighted by Crippen LogP contribution is -2.35. The summed E-state index contributed by atoms with van der Waals surface area (Å²) in [7, 11) is 0. The summed E-state index contributed by atoms with van der Waals surface area (Å²) in [6.07, 6.45) is 3.48. The topological polar surface area (TPSA) is 79.5 Å². The second-order valence-corrected chi connectivity index (χ2v) is 5.44. The van der Waals surface area contributed by atoms with Crippen molar-refractivity contribution in [3.8, 4) is 0 Å². The van der Waals surface area contributed by atoms with Crippen molar-refractivity contribution in [2.24, 2.45) is 10.7 Å². The maximum absolute atomic E-state index is 11.0. The average Bonchev–Trinajstić information content (AvgIpc) is 3.02. The number of nitrogens with one attached hydrogen (secondary N) is 2. The summed E-state index contributed by atoms with van der Waals surface area (Å²) in [6, 6.07) is 11.1. The molecule has 4 N–H and O–H groups in total. The minimum absolute atomic E-state index is 0.244. The monoisotopic (exact) mass is 298 g/mol. The quantitative estimate of drug-likeness (QED) is 0.810. The van der Waals surface area contributed by atoms with Gasteiger partial charge in [-0.15, -0.1) is 11.3 Å². The van der Waals surface area contributed by atoms with Crippen molar-refractivity contribution in [1.29, 1.82) is 0 Å². The van der Waals surface area contributed by atoms with Gasteiger partial charge in [0.2, 0.25) is 5.91 Å². The van der Waals surface area contributed by atoms with E-state index in [4.69, 9.17) is 5.73 Å². The van der Waals surface area contributed by atoms with Crippen LogP contribution in [-0.2, 0) is 0 Å². The van der Waals surface area contributed by atoms with Gasteiger partial charge in [-0.3, -0.25) is 4.79 Å². The Balaban J connectivity index is 1.68. The van der Waals surface area contributed by atoms with E-state index in [9.17, 15) is 4.79 Å². The van der Waals surface area contributed by atoms with Gasteiger partial charge in [0.1, 0.15) is 0 Å². The Morgan fingerprint density at radius 1 is 1.29 bits per heavy atom. The summed E-state index contributed by atoms with van der Waals surface area (Å²) >= 11 is 1.67. The number of carbonyl (C=O) groups is 1. The van der Waals surface area contributed by atoms with Crippen LogP contribution in [0.2, 0.25) is 0 Å². The Labute approximate surface area is 126 Å². The molecule has 2 aromatic rings. The molecule has 1 aromatic heterocycles. The lowest BCUT2D eigenvalue weighted by molar-refractivity contribution is 0.100. The number of hydrogen-bond acceptors (Lipinski definition) is 5. The SMILES string of the molecule is NC(=O)c1ccc(NC2N=CC=C(c3cccs3)N2)cc1. The molecule has 0 radical (unpaired) electrons. The number of primary amides is 1. The highest BCUT2D eigenvalue weighted by Gasteiger charge is 2.12. The van der Waals surface area contributed by atoms with Crippen LogP contribution in [0.4, 0.5) is 5.69 Å². The van der Waals surface area contributed by atoms with Crippen LogP contribution in [0.15, 0.2) is 52.8 Å². The highest BCUT2D eigenvalue weighted by Crippen LogP contribution is 2.20. The Kier molecular flexibility index (Phi) is 3.70. The molecule has 0 aliphatic carbocycles. The number of thiophene rings is 1. The van der Waals surface area contributed by atoms with Gasteiger partial charge in [-0.25, -0.2) is 4.99 Å². The van der Waals surface area contributed by atoms with Gasteiger partial charge in [0.25, 0.3) is 0 Å². The van der Waals surface area contributed by atoms with Crippen molar-refractivity contribution >= 4 is 34.8 Å². The highest BCUT2D eigenvalue weighted by molar-refractivity contribution is 7.11. The van der Waals surface area contributed by atoms with E-state index < -0.39 is 5.91 Å². The zero-order chi connectivity index (χ0) is 14.7. The average molecular weight is 298 g/mol. The summed E-state index contributed by atoms with van der Waals surface area (Å²) in [4.78, 5) is 16.5. The number of benzene rings is 1. The van der Waals surface area contributed by atoms with Gasteiger partial charge in [-0.1, -0.05) is 6.07 Å². The van der Waals surface area contributed by atoms with Crippen molar-refractivity contribution in [3.05, 3.63) is 58.3 Å². The van der Waals surface area contributed by atoms with E-state index in [1.165, 1.54) is 0 Å². The number of allylic oxidation sites excluding steroid dienone is 1. The first kappa shape index (κ1) is 13.4. The Morgan fingerprint density at radius 2 is 2.10 bits per heavy atom. The fourth-order valence-corrected chi connectivity index (χ4v) is 2.70. The van der Waals surface area contributed by atoms with Crippen LogP contribution in [0.3, 0.4) is 0 Å². The molecule has 2 heterocycles. The summed E-state index contributed by atoms with van der Waals surface area (Å²) in [5.74, 6) is -0.432. The highest BCUT2D eigenvalue weighted by atomic mass is 32.1. The number of nitrogens with two attached hydrogens (primary N) is 1. The summed E-state index contributed by atoms with van der Waals surface area (Å²) in [5.41, 5.74) is 7.60. The molecule has 1 aromatic carbocycles. The zero-order valence-corrected chi connectivity index (χ0v) is 11.9. The molecule has 1 atom stereocenters. The molecule has 5 nitrogen and oxygen atoms in total. The van der Waals surface area contributed by atoms with E-state index >= 15 is 0 Å². The molecular weight excluding hydrogens is 284 g/mol. The van der Waals surface area contributed by atoms with Crippen molar-refractivity contribution < 1.29 is 4.79 Å². The van der Waals surface area contributed by atoms with E-state index in [1.54, 1.807) is 41.8 Å². The van der Waals surface area contributed by atoms with Crippen LogP contribution in [0.25, 0.3) is 5.70 Å². The molecule has 106 valence electrons. The van der Waals surface area contributed by atoms with Crippen molar-refractivity contribution in [1.82, 2.24) is 5.32 Å². The third-order valence-corrected chi connectivity index (χ3v) is 3.93. The number of hydrogen-bond donors (Lipinski definition) is 3. The Morgan fingerprint density at radius 3 is 2.76 bits per heavy atom. The van der Waals surface area contributed by atoms with E-state index in [2.05, 4.69) is 21.7 Å². The normalized spacial score (nSPS) is 17.0. The molecule has 0 bridgehead atoms. The number of carbonyl (C=O) groups excluding carboxylic acids is 1. The van der Waals surface area contributed by atoms with E-state index in [0.717, 1.165) is 16.3 Å². The van der Waals surface area contributed by atoms with Gasteiger partial charge < -0.3 is 16.4 Å². The number of amides is 1. The first-order valence-electron chi connectivity index (χ1n) is 6.43. The second-order valence-electron chi connectivity index (χ2n) is 4.49. The van der Waals surface area contributed by atoms with Gasteiger partial charge >= 0.3 is 0 Å². The standard InChI is InChI=1S/C15H14N4OS/c16-14(20)10-3-5-11(6-4-10)18-15-17-8-7-12(19-15)13-2-1-9-21-13/h1-9,15,18-19H,(H2,16,20). The largest absolute Gasteiger partial charge is 0.366 e. The third-order valence-electron chi connectivity index (χ3n) is 3.03. The van der Waals surface area contributed by atoms with Crippen LogP contribution in [0.5, 0.6) is 0 Å². The maximum Gasteiger partial charge on any atom is 0.248 e. The molecule has 6 heteroatoms. The summed E-state index contributed by atoms with van der Waals surface area (Å²) in [6.45, 7) is 0. The molecule has 1 amide bonds. The summed E-state index contributed by atoms with van der Waals surface area (Å²) in [5, 5.41) is 8.59. The number of aliphatic imine (C=N–C) groups is 1. The van der Waals surface area contributed by atoms with Crippen LogP contribution < -0.4 is 16.4 Å². The molecule has 3 rings (SSSR count). The Hall–Kier alpha value is -2.60. The van der Waals surface area contributed by atoms with Crippen LogP contribution in [0.1, 0.15) is 15.2 Å². The first-order valence-corrected chi connectivity index (χ1v) is 7.30. The predicted molar refractivity (Wildman–Crippen MR) is 86.3 cm³/mol. The molecule has 1 unspecified atom stereocenters. The molecule has 1 aliphatic heterocycles. The predicted octanol–water partition coefficient (Wildman–Crippen LogP) is 2.26. The summed E-state index contributed by atoms with van der Waals surface area (Å²) < 4.78 is 0. The van der Waals surface area contributed by atoms with Gasteiger partial charge in [0.05, 0.1) is 10.6 Å². The van der Waals surface area contributed by atoms with Crippen molar-refractivity contribution in [2.75, 3.05) is 5.32 Å². The minimum Gasteiger partial charge on any atom is -0.366 e. The number of anilines is 1. The van der Waals surface area contributed by atoms with Gasteiger partial charge in [-0.05, 0) is 41.8 Å². The van der Waals surface area contributed by atoms with E-state index in [1.807, 2.05) is 17.5 Å². The van der Waals surface area contributed by atoms with Crippen LogP contribution in [0, 0.1) is 0 Å². The number of nitrogens with zero attached hydrogens (tertiary/aromatic N) is 1. The van der Waals surface area contributed by atoms with Crippen molar-refractivity contribution in [3.63, 3.8) is 0 Å². The van der Waals surface area contributed by atoms with E-state index in [0.29, 0.717) is 5.56 Å². The fourth-order valence-electron chi connectivity index (χ4n) is 1.98. The fraction of sp³-hybridized carbons (Fsp3) is 0.0667. The zero-order valence-electron chi connectivity index (χ0n) is 11.1. The van der Waals surface area contributed by atoms with Crippen LogP contribution >= 0.6 is 11.3 Å². The second kappa shape index (κ2) is 5.80. The van der Waals surface area contributed by atoms with Gasteiger partial charge in [0.15, 0.2) is 6.29 Å². The molecule has 0 saturated carbocycles. The number of rotatable bonds is 4. The lowest BCUT2D eigenvalue weighted by atomic mass is 10.2. The smallest absolute Gasteiger partial charge is 0.248 e. The molecule has 1 aliphatic rings. The molecule has 21 heavy (non-hydrogen) atoms. The third kappa shape index (κ3) is 3.11. The van der Waals surface area contributed by atoms with Crippen molar-refractivity contribution in [2.45, 2.75) is 6.29 Å². The van der Waals surface area contributed by atoms with Crippen LogP contribution in [-0.4, -0.2) is 18.4 Å².